The molecule has 0 amide bonds. The molecule has 0 atom stereocenters. The SMILES string of the molecule is CCO.Cl.N.N.O. The highest BCUT2D eigenvalue weighted by molar-refractivity contribution is 5.85. The average Bonchev–Trinajstić information content (AvgIpc) is 0.918. The van der Waals surface area contributed by atoms with E-state index in [2.05, 4.69) is 0 Å². The molecule has 0 saturated heterocycles. The molecule has 0 bridgehead atoms. The Balaban J connectivity index is -0.00000000333. The molecule has 0 aliphatic carbocycles. The molecular weight excluding hydrogens is 119 g/mol. The third-order valence-electron chi connectivity index (χ3n) is 0. The molecule has 0 aliphatic heterocycles. The molecule has 0 aliphatic rings. The van der Waals surface area contributed by atoms with Gasteiger partial charge >= 0.3 is 0 Å². The van der Waals surface area contributed by atoms with Gasteiger partial charge in [0.2, 0.25) is 0 Å². The van der Waals surface area contributed by atoms with E-state index in [1.54, 1.807) is 6.92 Å². The predicted molar refractivity (Wildman–Crippen MR) is 33.7 cm³/mol. The fourth-order valence-electron chi connectivity index (χ4n) is 0. The highest BCUT2D eigenvalue weighted by Crippen LogP contribution is 1.30. The Morgan fingerprint density at radius 2 is 1.29 bits per heavy atom. The van der Waals surface area contributed by atoms with E-state index in [4.69, 9.17) is 5.11 Å². The third kappa shape index (κ3) is 6190. The lowest BCUT2D eigenvalue weighted by atomic mass is 10.9. The van der Waals surface area contributed by atoms with Crippen molar-refractivity contribution in [3.8, 4) is 0 Å². The van der Waals surface area contributed by atoms with Gasteiger partial charge in [0.05, 0.1) is 0 Å². The van der Waals surface area contributed by atoms with Gasteiger partial charge < -0.3 is 22.9 Å². The summed E-state index contributed by atoms with van der Waals surface area (Å²) in [5.74, 6) is 0. The predicted octanol–water partition coefficient (Wildman–Crippen LogP) is -0.0803. The van der Waals surface area contributed by atoms with E-state index >= 15 is 0 Å². The molecule has 0 saturated carbocycles. The second-order valence-corrected chi connectivity index (χ2v) is 0.316. The lowest BCUT2D eigenvalue weighted by Gasteiger charge is -1.52. The highest BCUT2D eigenvalue weighted by Gasteiger charge is 1.34. The fraction of sp³-hybridized carbons (Fsp3) is 1.00. The van der Waals surface area contributed by atoms with Gasteiger partial charge in [0.25, 0.3) is 0 Å². The van der Waals surface area contributed by atoms with Crippen molar-refractivity contribution in [2.24, 2.45) is 0 Å². The Morgan fingerprint density at radius 1 is 1.29 bits per heavy atom. The second kappa shape index (κ2) is 126. The maximum atomic E-state index is 7.57. The van der Waals surface area contributed by atoms with Crippen LogP contribution in [0.25, 0.3) is 0 Å². The Morgan fingerprint density at radius 3 is 1.29 bits per heavy atom. The summed E-state index contributed by atoms with van der Waals surface area (Å²) in [7, 11) is 0. The zero-order chi connectivity index (χ0) is 2.71. The number of aliphatic hydroxyl groups excluding tert-OH is 1. The summed E-state index contributed by atoms with van der Waals surface area (Å²) < 4.78 is 0. The molecule has 0 unspecified atom stereocenters. The summed E-state index contributed by atoms with van der Waals surface area (Å²) in [4.78, 5) is 0. The largest absolute Gasteiger partial charge is 0.412 e. The molecule has 52 valence electrons. The Labute approximate surface area is 49.8 Å². The highest BCUT2D eigenvalue weighted by atomic mass is 35.5. The first-order valence-electron chi connectivity index (χ1n) is 1.02. The smallest absolute Gasteiger partial charge is 0.0402 e. The first-order valence-corrected chi connectivity index (χ1v) is 1.02. The van der Waals surface area contributed by atoms with Crippen molar-refractivity contribution < 1.29 is 10.6 Å². The van der Waals surface area contributed by atoms with Gasteiger partial charge in [-0.3, -0.25) is 0 Å². The third-order valence-corrected chi connectivity index (χ3v) is 0. The van der Waals surface area contributed by atoms with Crippen LogP contribution in [0.5, 0.6) is 0 Å². The summed E-state index contributed by atoms with van der Waals surface area (Å²) in [6, 6.07) is 0. The molecule has 4 nitrogen and oxygen atoms in total. The minimum Gasteiger partial charge on any atom is -0.412 e. The quantitative estimate of drug-likeness (QED) is 0.429. The molecule has 0 fully saturated rings. The van der Waals surface area contributed by atoms with Gasteiger partial charge in [0.1, 0.15) is 0 Å². The minimum atomic E-state index is 0. The summed E-state index contributed by atoms with van der Waals surface area (Å²) in [6.45, 7) is 1.93. The van der Waals surface area contributed by atoms with Crippen LogP contribution in [-0.2, 0) is 0 Å². The lowest BCUT2D eigenvalue weighted by molar-refractivity contribution is 0.318. The summed E-state index contributed by atoms with van der Waals surface area (Å²) in [5, 5.41) is 7.57. The molecule has 0 aromatic rings. The van der Waals surface area contributed by atoms with Crippen LogP contribution in [0.1, 0.15) is 6.92 Å². The Bertz CT molecular complexity index is 13.7. The Kier molecular flexibility index (Phi) is 1070. The van der Waals surface area contributed by atoms with Crippen molar-refractivity contribution >= 4 is 12.4 Å². The summed E-state index contributed by atoms with van der Waals surface area (Å²) >= 11 is 0. The number of halogens is 1. The Hall–Kier alpha value is 0.130. The van der Waals surface area contributed by atoms with Crippen LogP contribution < -0.4 is 12.3 Å². The van der Waals surface area contributed by atoms with E-state index in [9.17, 15) is 0 Å². The zero-order valence-corrected chi connectivity index (χ0v) is 5.29. The maximum absolute atomic E-state index is 7.57. The van der Waals surface area contributed by atoms with Gasteiger partial charge in [0, 0.05) is 6.61 Å². The summed E-state index contributed by atoms with van der Waals surface area (Å²) in [5.41, 5.74) is 0. The van der Waals surface area contributed by atoms with Crippen molar-refractivity contribution in [1.29, 1.82) is 0 Å². The molecule has 0 spiro atoms. The second-order valence-electron chi connectivity index (χ2n) is 0.316. The fourth-order valence-corrected chi connectivity index (χ4v) is 0. The first kappa shape index (κ1) is 59.1. The number of hydrogen-bond donors (Lipinski definition) is 3. The van der Waals surface area contributed by atoms with Crippen molar-refractivity contribution in [1.82, 2.24) is 12.3 Å². The van der Waals surface area contributed by atoms with Crippen molar-refractivity contribution in [3.63, 3.8) is 0 Å². The normalized spacial score (nSPS) is 2.57. The van der Waals surface area contributed by atoms with E-state index in [1.165, 1.54) is 0 Å². The topological polar surface area (TPSA) is 122 Å². The van der Waals surface area contributed by atoms with Gasteiger partial charge in [-0.25, -0.2) is 0 Å². The van der Waals surface area contributed by atoms with E-state index in [1.807, 2.05) is 0 Å². The molecule has 9 N–H and O–H groups in total. The number of rotatable bonds is 0. The lowest BCUT2D eigenvalue weighted by Crippen LogP contribution is -1.57. The van der Waals surface area contributed by atoms with Crippen LogP contribution in [0.4, 0.5) is 0 Å². The first-order chi connectivity index (χ1) is 1.41. The van der Waals surface area contributed by atoms with Crippen LogP contribution in [0.2, 0.25) is 0 Å². The van der Waals surface area contributed by atoms with Gasteiger partial charge in [-0.15, -0.1) is 12.4 Å². The number of hydrogen-bond acceptors (Lipinski definition) is 3. The average molecular weight is 135 g/mol. The van der Waals surface area contributed by atoms with Gasteiger partial charge in [-0.2, -0.15) is 0 Å². The summed E-state index contributed by atoms with van der Waals surface area (Å²) in [6.07, 6.45) is 0. The van der Waals surface area contributed by atoms with Crippen LogP contribution in [0, 0.1) is 0 Å². The van der Waals surface area contributed by atoms with Crippen LogP contribution >= 0.6 is 12.4 Å². The number of aliphatic hydroxyl groups is 1. The van der Waals surface area contributed by atoms with E-state index in [0.717, 1.165) is 0 Å². The monoisotopic (exact) mass is 134 g/mol. The van der Waals surface area contributed by atoms with E-state index < -0.39 is 0 Å². The zero-order valence-electron chi connectivity index (χ0n) is 4.48. The molecule has 0 rings (SSSR count). The van der Waals surface area contributed by atoms with Crippen LogP contribution in [0.15, 0.2) is 0 Å². The minimum absolute atomic E-state index is 0. The van der Waals surface area contributed by atoms with Crippen molar-refractivity contribution in [2.75, 3.05) is 6.61 Å². The molecule has 0 heterocycles. The molecule has 0 aromatic carbocycles. The van der Waals surface area contributed by atoms with Crippen LogP contribution in [0.3, 0.4) is 0 Å². The van der Waals surface area contributed by atoms with Gasteiger partial charge in [-0.05, 0) is 6.92 Å². The van der Waals surface area contributed by atoms with E-state index in [0.29, 0.717) is 0 Å². The molecule has 7 heavy (non-hydrogen) atoms. The van der Waals surface area contributed by atoms with Gasteiger partial charge in [-0.1, -0.05) is 0 Å². The van der Waals surface area contributed by atoms with Gasteiger partial charge in [0.15, 0.2) is 0 Å². The molecular formula is C2H15ClN2O2. The van der Waals surface area contributed by atoms with Crippen LogP contribution in [-0.4, -0.2) is 17.2 Å². The molecule has 0 radical (unpaired) electrons. The van der Waals surface area contributed by atoms with E-state index in [-0.39, 0.29) is 36.8 Å². The van der Waals surface area contributed by atoms with Crippen molar-refractivity contribution in [3.05, 3.63) is 0 Å². The van der Waals surface area contributed by atoms with Crippen molar-refractivity contribution in [2.45, 2.75) is 6.92 Å². The standard InChI is InChI=1S/C2H6O.ClH.2H3N.H2O/c1-2-3;;;;/h3H,2H2,1H3;1H;2*1H3;1H2. The molecule has 0 aromatic heterocycles. The molecule has 5 heteroatoms. The maximum Gasteiger partial charge on any atom is 0.0402 e.